The molecule has 4 rings (SSSR count). The molecule has 0 aliphatic rings. The number of non-ortho nitro benzene ring substituents is 1. The molecule has 5 heteroatoms. The van der Waals surface area contributed by atoms with Crippen molar-refractivity contribution in [3.8, 4) is 11.1 Å². The van der Waals surface area contributed by atoms with Gasteiger partial charge in [0.2, 0.25) is 0 Å². The van der Waals surface area contributed by atoms with Gasteiger partial charge in [0.1, 0.15) is 0 Å². The maximum absolute atomic E-state index is 11.1. The number of hydrogen-bond donors (Lipinski definition) is 0. The van der Waals surface area contributed by atoms with Crippen LogP contribution in [0.5, 0.6) is 0 Å². The van der Waals surface area contributed by atoms with E-state index in [2.05, 4.69) is 22.1 Å². The minimum absolute atomic E-state index is 0.0734. The number of nitrogens with zero attached hydrogens (tertiary/aromatic N) is 3. The molecule has 2 aromatic heterocycles. The number of benzene rings is 2. The third kappa shape index (κ3) is 3.15. The zero-order chi connectivity index (χ0) is 17.9. The zero-order valence-corrected chi connectivity index (χ0v) is 13.9. The van der Waals surface area contributed by atoms with Crippen molar-refractivity contribution in [3.05, 3.63) is 100 Å². The Bertz CT molecular complexity index is 1090. The van der Waals surface area contributed by atoms with Crippen molar-refractivity contribution in [3.63, 3.8) is 0 Å². The number of pyridine rings is 2. The van der Waals surface area contributed by atoms with Crippen molar-refractivity contribution in [2.45, 2.75) is 6.42 Å². The van der Waals surface area contributed by atoms with Crippen LogP contribution >= 0.6 is 0 Å². The molecule has 0 saturated heterocycles. The van der Waals surface area contributed by atoms with Crippen molar-refractivity contribution in [1.82, 2.24) is 9.97 Å². The lowest BCUT2D eigenvalue weighted by atomic mass is 9.96. The van der Waals surface area contributed by atoms with E-state index in [1.54, 1.807) is 24.5 Å². The zero-order valence-electron chi connectivity index (χ0n) is 13.9. The first-order valence-corrected chi connectivity index (χ1v) is 8.22. The molecule has 0 spiro atoms. The lowest BCUT2D eigenvalue weighted by molar-refractivity contribution is -0.384. The molecule has 0 fully saturated rings. The van der Waals surface area contributed by atoms with Crippen molar-refractivity contribution < 1.29 is 4.92 Å². The number of nitro groups is 1. The van der Waals surface area contributed by atoms with Crippen LogP contribution in [0.1, 0.15) is 11.1 Å². The minimum atomic E-state index is -0.376. The Balaban J connectivity index is 1.87. The number of aromatic nitrogens is 2. The predicted molar refractivity (Wildman–Crippen MR) is 101 cm³/mol. The highest BCUT2D eigenvalue weighted by Gasteiger charge is 2.12. The molecule has 0 N–H and O–H groups in total. The van der Waals surface area contributed by atoms with Crippen molar-refractivity contribution >= 4 is 16.6 Å². The summed E-state index contributed by atoms with van der Waals surface area (Å²) in [6, 6.07) is 18.7. The van der Waals surface area contributed by atoms with Crippen LogP contribution in [0.4, 0.5) is 5.69 Å². The van der Waals surface area contributed by atoms with Crippen LogP contribution in [-0.2, 0) is 6.42 Å². The minimum Gasteiger partial charge on any atom is -0.264 e. The standard InChI is InChI=1S/C21H15N3O2/c25-24(26)19-7-1-5-17(13-19)20-12-16(10-15-4-2-8-22-14-15)11-18-6-3-9-23-21(18)20/h1-9,11-14H,10H2. The number of rotatable bonds is 4. The van der Waals surface area contributed by atoms with Crippen LogP contribution < -0.4 is 0 Å². The van der Waals surface area contributed by atoms with Gasteiger partial charge in [-0.2, -0.15) is 0 Å². The molecule has 0 bridgehead atoms. The maximum Gasteiger partial charge on any atom is 0.270 e. The smallest absolute Gasteiger partial charge is 0.264 e. The highest BCUT2D eigenvalue weighted by atomic mass is 16.6. The van der Waals surface area contributed by atoms with E-state index in [0.717, 1.165) is 39.6 Å². The molecule has 0 radical (unpaired) electrons. The fourth-order valence-corrected chi connectivity index (χ4v) is 3.10. The van der Waals surface area contributed by atoms with E-state index in [-0.39, 0.29) is 10.6 Å². The maximum atomic E-state index is 11.1. The quantitative estimate of drug-likeness (QED) is 0.395. The molecule has 5 nitrogen and oxygen atoms in total. The summed E-state index contributed by atoms with van der Waals surface area (Å²) in [5.74, 6) is 0. The van der Waals surface area contributed by atoms with Crippen LogP contribution in [0, 0.1) is 10.1 Å². The Labute approximate surface area is 150 Å². The van der Waals surface area contributed by atoms with Gasteiger partial charge in [-0.15, -0.1) is 0 Å². The van der Waals surface area contributed by atoms with Gasteiger partial charge in [0.25, 0.3) is 5.69 Å². The van der Waals surface area contributed by atoms with Gasteiger partial charge >= 0.3 is 0 Å². The van der Waals surface area contributed by atoms with Gasteiger partial charge in [-0.1, -0.05) is 24.3 Å². The summed E-state index contributed by atoms with van der Waals surface area (Å²) in [6.45, 7) is 0. The average molecular weight is 341 g/mol. The predicted octanol–water partition coefficient (Wildman–Crippen LogP) is 4.80. The highest BCUT2D eigenvalue weighted by Crippen LogP contribution is 2.31. The Hall–Kier alpha value is -3.60. The molecule has 0 unspecified atom stereocenters. The molecule has 0 aliphatic carbocycles. The second-order valence-corrected chi connectivity index (χ2v) is 6.06. The SMILES string of the molecule is O=[N+]([O-])c1cccc(-c2cc(Cc3cccnc3)cc3cccnc23)c1. The Morgan fingerprint density at radius 3 is 2.62 bits per heavy atom. The second-order valence-electron chi connectivity index (χ2n) is 6.06. The fourth-order valence-electron chi connectivity index (χ4n) is 3.10. The summed E-state index contributed by atoms with van der Waals surface area (Å²) in [6.07, 6.45) is 6.08. The Kier molecular flexibility index (Phi) is 4.11. The fraction of sp³-hybridized carbons (Fsp3) is 0.0476. The van der Waals surface area contributed by atoms with Gasteiger partial charge in [0.05, 0.1) is 10.4 Å². The number of hydrogen-bond acceptors (Lipinski definition) is 4. The third-order valence-electron chi connectivity index (χ3n) is 4.26. The van der Waals surface area contributed by atoms with Gasteiger partial charge < -0.3 is 0 Å². The first-order chi connectivity index (χ1) is 12.7. The number of nitro benzene ring substituents is 1. The van der Waals surface area contributed by atoms with Gasteiger partial charge in [-0.3, -0.25) is 20.1 Å². The first kappa shape index (κ1) is 15.9. The number of fused-ring (bicyclic) bond motifs is 1. The van der Waals surface area contributed by atoms with Crippen LogP contribution in [0.2, 0.25) is 0 Å². The van der Waals surface area contributed by atoms with Crippen LogP contribution in [0.3, 0.4) is 0 Å². The summed E-state index contributed by atoms with van der Waals surface area (Å²) >= 11 is 0. The molecular weight excluding hydrogens is 326 g/mol. The summed E-state index contributed by atoms with van der Waals surface area (Å²) in [7, 11) is 0. The van der Waals surface area contributed by atoms with Gasteiger partial charge in [0, 0.05) is 41.7 Å². The first-order valence-electron chi connectivity index (χ1n) is 8.22. The van der Waals surface area contributed by atoms with E-state index in [0.29, 0.717) is 0 Å². The average Bonchev–Trinajstić information content (AvgIpc) is 2.68. The van der Waals surface area contributed by atoms with Crippen LogP contribution in [-0.4, -0.2) is 14.9 Å². The van der Waals surface area contributed by atoms with Crippen molar-refractivity contribution in [1.29, 1.82) is 0 Å². The third-order valence-corrected chi connectivity index (χ3v) is 4.26. The normalized spacial score (nSPS) is 10.8. The van der Waals surface area contributed by atoms with Crippen molar-refractivity contribution in [2.24, 2.45) is 0 Å². The topological polar surface area (TPSA) is 68.9 Å². The van der Waals surface area contributed by atoms with E-state index in [1.807, 2.05) is 36.5 Å². The lowest BCUT2D eigenvalue weighted by Crippen LogP contribution is -1.93. The molecule has 0 saturated carbocycles. The second kappa shape index (κ2) is 6.72. The summed E-state index contributed by atoms with van der Waals surface area (Å²) in [4.78, 5) is 19.4. The van der Waals surface area contributed by atoms with Crippen molar-refractivity contribution in [2.75, 3.05) is 0 Å². The van der Waals surface area contributed by atoms with Crippen LogP contribution in [0.15, 0.2) is 79.3 Å². The van der Waals surface area contributed by atoms with E-state index in [1.165, 1.54) is 6.07 Å². The van der Waals surface area contributed by atoms with E-state index >= 15 is 0 Å². The molecule has 0 amide bonds. The van der Waals surface area contributed by atoms with Crippen LogP contribution in [0.25, 0.3) is 22.0 Å². The molecule has 2 aromatic carbocycles. The summed E-state index contributed by atoms with van der Waals surface area (Å²) in [5.41, 5.74) is 4.81. The molecule has 26 heavy (non-hydrogen) atoms. The van der Waals surface area contributed by atoms with E-state index in [9.17, 15) is 10.1 Å². The van der Waals surface area contributed by atoms with Gasteiger partial charge in [-0.05, 0) is 47.4 Å². The Morgan fingerprint density at radius 1 is 0.923 bits per heavy atom. The monoisotopic (exact) mass is 341 g/mol. The van der Waals surface area contributed by atoms with Gasteiger partial charge in [-0.25, -0.2) is 0 Å². The molecular formula is C21H15N3O2. The highest BCUT2D eigenvalue weighted by molar-refractivity contribution is 5.94. The Morgan fingerprint density at radius 2 is 1.81 bits per heavy atom. The molecule has 4 aromatic rings. The molecule has 0 aliphatic heterocycles. The van der Waals surface area contributed by atoms with Gasteiger partial charge in [0.15, 0.2) is 0 Å². The van der Waals surface area contributed by atoms with E-state index < -0.39 is 0 Å². The molecule has 2 heterocycles. The lowest BCUT2D eigenvalue weighted by Gasteiger charge is -2.10. The largest absolute Gasteiger partial charge is 0.270 e. The molecule has 0 atom stereocenters. The van der Waals surface area contributed by atoms with E-state index in [4.69, 9.17) is 0 Å². The molecule has 126 valence electrons. The summed E-state index contributed by atoms with van der Waals surface area (Å²) < 4.78 is 0. The summed E-state index contributed by atoms with van der Waals surface area (Å²) in [5, 5.41) is 12.1.